The average Bonchev–Trinajstić information content (AvgIpc) is 3.02. The average molecular weight is 331 g/mol. The molecule has 23 heavy (non-hydrogen) atoms. The monoisotopic (exact) mass is 331 g/mol. The van der Waals surface area contributed by atoms with Crippen molar-refractivity contribution < 1.29 is 19.0 Å². The number of hydrogen-bond acceptors (Lipinski definition) is 4. The van der Waals surface area contributed by atoms with Crippen molar-refractivity contribution in [1.82, 2.24) is 8.96 Å². The molecule has 7 heteroatoms. The summed E-state index contributed by atoms with van der Waals surface area (Å²) in [5, 5.41) is 0. The lowest BCUT2D eigenvalue weighted by atomic mass is 10.1. The standard InChI is InChI=1S/C16H11FN2O3S/c17-15-6-2-1-5-14(15)16-8-12(11-20)10-19(16)23(21,22)13-4-3-7-18-9-13/h1-11H/i11D. The van der Waals surface area contributed by atoms with Crippen LogP contribution in [0, 0.1) is 5.82 Å². The Hall–Kier alpha value is -2.80. The number of carbonyl (C=O) groups excluding carboxylic acids is 1. The van der Waals surface area contributed by atoms with E-state index in [0.717, 1.165) is 16.4 Å². The predicted molar refractivity (Wildman–Crippen MR) is 82.0 cm³/mol. The molecule has 0 saturated carbocycles. The minimum absolute atomic E-state index is 0.0115. The number of benzene rings is 1. The van der Waals surface area contributed by atoms with E-state index in [1.165, 1.54) is 42.6 Å². The van der Waals surface area contributed by atoms with E-state index in [0.29, 0.717) is 0 Å². The Morgan fingerprint density at radius 2 is 2.00 bits per heavy atom. The second-order valence-corrected chi connectivity index (χ2v) is 6.50. The number of nitrogens with zero attached hydrogens (tertiary/aromatic N) is 2. The first-order valence-corrected chi connectivity index (χ1v) is 7.99. The Morgan fingerprint density at radius 3 is 2.65 bits per heavy atom. The van der Waals surface area contributed by atoms with Gasteiger partial charge in [0.25, 0.3) is 10.0 Å². The van der Waals surface area contributed by atoms with E-state index in [-0.39, 0.29) is 21.7 Å². The summed E-state index contributed by atoms with van der Waals surface area (Å²) in [7, 11) is -4.10. The molecule has 3 aromatic rings. The first-order valence-electron chi connectivity index (χ1n) is 7.05. The summed E-state index contributed by atoms with van der Waals surface area (Å²) in [5.74, 6) is -0.637. The lowest BCUT2D eigenvalue weighted by Crippen LogP contribution is -2.13. The number of hydrogen-bond donors (Lipinski definition) is 0. The third-order valence-corrected chi connectivity index (χ3v) is 4.90. The fourth-order valence-corrected chi connectivity index (χ4v) is 3.51. The van der Waals surface area contributed by atoms with E-state index in [1.54, 1.807) is 6.07 Å². The molecule has 2 heterocycles. The zero-order valence-corrected chi connectivity index (χ0v) is 12.5. The summed E-state index contributed by atoms with van der Waals surface area (Å²) < 4.78 is 47.7. The minimum atomic E-state index is -4.10. The van der Waals surface area contributed by atoms with Gasteiger partial charge in [-0.1, -0.05) is 12.1 Å². The third-order valence-electron chi connectivity index (χ3n) is 3.24. The molecule has 2 aromatic heterocycles. The van der Waals surface area contributed by atoms with Crippen LogP contribution in [0.2, 0.25) is 0 Å². The van der Waals surface area contributed by atoms with Gasteiger partial charge in [0.2, 0.25) is 0 Å². The Balaban J connectivity index is 2.29. The number of aldehydes is 1. The van der Waals surface area contributed by atoms with E-state index < -0.39 is 22.1 Å². The Labute approximate surface area is 133 Å². The molecule has 0 aliphatic heterocycles. The minimum Gasteiger partial charge on any atom is -0.298 e. The highest BCUT2D eigenvalue weighted by Gasteiger charge is 2.23. The van der Waals surface area contributed by atoms with E-state index in [1.807, 2.05) is 0 Å². The van der Waals surface area contributed by atoms with Gasteiger partial charge < -0.3 is 0 Å². The van der Waals surface area contributed by atoms with Crippen molar-refractivity contribution in [3.05, 3.63) is 72.4 Å². The normalized spacial score (nSPS) is 12.0. The number of pyridine rings is 1. The summed E-state index contributed by atoms with van der Waals surface area (Å²) in [4.78, 5) is 15.0. The third kappa shape index (κ3) is 2.66. The zero-order valence-electron chi connectivity index (χ0n) is 12.7. The van der Waals surface area contributed by atoms with Crippen LogP contribution in [0.25, 0.3) is 11.3 Å². The lowest BCUT2D eigenvalue weighted by molar-refractivity contribution is 0.112. The van der Waals surface area contributed by atoms with Gasteiger partial charge in [0.15, 0.2) is 6.26 Å². The molecular formula is C16H11FN2O3S. The zero-order chi connectivity index (χ0) is 17.3. The fraction of sp³-hybridized carbons (Fsp3) is 0. The van der Waals surface area contributed by atoms with Gasteiger partial charge in [-0.05, 0) is 30.3 Å². The molecule has 1 aromatic carbocycles. The van der Waals surface area contributed by atoms with E-state index in [4.69, 9.17) is 1.37 Å². The van der Waals surface area contributed by atoms with Gasteiger partial charge in [-0.15, -0.1) is 0 Å². The molecular weight excluding hydrogens is 319 g/mol. The first-order chi connectivity index (χ1) is 11.4. The largest absolute Gasteiger partial charge is 0.298 e. The highest BCUT2D eigenvalue weighted by molar-refractivity contribution is 7.90. The maximum absolute atomic E-state index is 14.1. The molecule has 3 rings (SSSR count). The lowest BCUT2D eigenvalue weighted by Gasteiger charge is -2.10. The van der Waals surface area contributed by atoms with Crippen molar-refractivity contribution in [3.63, 3.8) is 0 Å². The summed E-state index contributed by atoms with van der Waals surface area (Å²) in [5.41, 5.74) is -0.175. The molecule has 0 saturated heterocycles. The van der Waals surface area contributed by atoms with Gasteiger partial charge in [0.1, 0.15) is 12.1 Å². The van der Waals surface area contributed by atoms with Gasteiger partial charge in [0, 0.05) is 29.7 Å². The molecule has 0 fully saturated rings. The summed E-state index contributed by atoms with van der Waals surface area (Å²) in [6, 6.07) is 9.59. The van der Waals surface area contributed by atoms with Crippen LogP contribution in [0.15, 0.2) is 66.0 Å². The number of carbonyl (C=O) groups is 1. The molecule has 116 valence electrons. The molecule has 5 nitrogen and oxygen atoms in total. The highest BCUT2D eigenvalue weighted by Crippen LogP contribution is 2.28. The van der Waals surface area contributed by atoms with Crippen molar-refractivity contribution in [1.29, 1.82) is 0 Å². The number of halogens is 1. The molecule has 0 aliphatic carbocycles. The van der Waals surface area contributed by atoms with Gasteiger partial charge in [0.05, 0.1) is 5.69 Å². The topological polar surface area (TPSA) is 69.0 Å². The van der Waals surface area contributed by atoms with Crippen LogP contribution in [-0.4, -0.2) is 23.6 Å². The SMILES string of the molecule is [2H]C(=O)c1cc(-c2ccccc2F)n(S(=O)(=O)c2cccnc2)c1. The smallest absolute Gasteiger partial charge is 0.269 e. The van der Waals surface area contributed by atoms with E-state index in [2.05, 4.69) is 4.98 Å². The van der Waals surface area contributed by atoms with Gasteiger partial charge in [-0.2, -0.15) is 0 Å². The fourth-order valence-electron chi connectivity index (χ4n) is 2.18. The second kappa shape index (κ2) is 5.77. The van der Waals surface area contributed by atoms with E-state index in [9.17, 15) is 17.6 Å². The Morgan fingerprint density at radius 1 is 1.22 bits per heavy atom. The van der Waals surface area contributed by atoms with Crippen LogP contribution in [0.1, 0.15) is 11.7 Å². The summed E-state index contributed by atoms with van der Waals surface area (Å²) >= 11 is 0. The second-order valence-electron chi connectivity index (χ2n) is 4.69. The molecule has 0 amide bonds. The van der Waals surface area contributed by atoms with Crippen LogP contribution in [-0.2, 0) is 10.0 Å². The van der Waals surface area contributed by atoms with Crippen molar-refractivity contribution in [2.45, 2.75) is 4.90 Å². The molecule has 0 bridgehead atoms. The highest BCUT2D eigenvalue weighted by atomic mass is 32.2. The summed E-state index contributed by atoms with van der Waals surface area (Å²) in [6.07, 6.45) is 2.53. The number of aromatic nitrogens is 2. The van der Waals surface area contributed by atoms with Crippen molar-refractivity contribution in [2.75, 3.05) is 0 Å². The van der Waals surface area contributed by atoms with Crippen LogP contribution < -0.4 is 0 Å². The number of rotatable bonds is 4. The molecule has 0 aliphatic rings. The summed E-state index contributed by atoms with van der Waals surface area (Å²) in [6.45, 7) is 0. The quantitative estimate of drug-likeness (QED) is 0.689. The van der Waals surface area contributed by atoms with Gasteiger partial charge in [-0.25, -0.2) is 16.8 Å². The molecule has 0 N–H and O–H groups in total. The van der Waals surface area contributed by atoms with Gasteiger partial charge in [-0.3, -0.25) is 9.78 Å². The molecule has 0 radical (unpaired) electrons. The van der Waals surface area contributed by atoms with Crippen molar-refractivity contribution in [3.8, 4) is 11.3 Å². The Kier molecular flexibility index (Phi) is 3.47. The molecule has 0 atom stereocenters. The van der Waals surface area contributed by atoms with Crippen LogP contribution >= 0.6 is 0 Å². The van der Waals surface area contributed by atoms with Crippen LogP contribution in [0.3, 0.4) is 0 Å². The predicted octanol–water partition coefficient (Wildman–Crippen LogP) is 2.74. The van der Waals surface area contributed by atoms with E-state index >= 15 is 0 Å². The first kappa shape index (κ1) is 13.8. The van der Waals surface area contributed by atoms with Crippen LogP contribution in [0.4, 0.5) is 4.39 Å². The molecule has 0 unspecified atom stereocenters. The molecule has 0 spiro atoms. The van der Waals surface area contributed by atoms with Crippen LogP contribution in [0.5, 0.6) is 0 Å². The Bertz CT molecular complexity index is 1020. The van der Waals surface area contributed by atoms with Crippen molar-refractivity contribution >= 4 is 16.3 Å². The van der Waals surface area contributed by atoms with Crippen molar-refractivity contribution in [2.24, 2.45) is 0 Å². The maximum Gasteiger partial charge on any atom is 0.269 e. The van der Waals surface area contributed by atoms with Gasteiger partial charge >= 0.3 is 0 Å². The maximum atomic E-state index is 14.1.